The third-order valence-corrected chi connectivity index (χ3v) is 5.30. The Kier molecular flexibility index (Phi) is 8.65. The van der Waals surface area contributed by atoms with Crippen LogP contribution < -0.4 is 5.32 Å². The fraction of sp³-hybridized carbons (Fsp3) is 0.259. The van der Waals surface area contributed by atoms with Crippen LogP contribution in [0.3, 0.4) is 0 Å². The van der Waals surface area contributed by atoms with E-state index < -0.39 is 11.7 Å². The molecular weight excluding hydrogens is 453 g/mol. The Balaban J connectivity index is 1.67. The summed E-state index contributed by atoms with van der Waals surface area (Å²) in [4.78, 5) is 20.8. The summed E-state index contributed by atoms with van der Waals surface area (Å²) in [6.07, 6.45) is 0.302. The minimum Gasteiger partial charge on any atom is -0.355 e. The molecular formula is C27H29F3N4O. The van der Waals surface area contributed by atoms with Gasteiger partial charge in [0.25, 0.3) is 0 Å². The number of carbonyl (C=O) groups is 1. The highest BCUT2D eigenvalue weighted by Crippen LogP contribution is 2.29. The second-order valence-electron chi connectivity index (χ2n) is 8.52. The molecule has 184 valence electrons. The molecule has 0 spiro atoms. The van der Waals surface area contributed by atoms with E-state index in [4.69, 9.17) is 0 Å². The van der Waals surface area contributed by atoms with E-state index in [1.165, 1.54) is 24.3 Å². The largest absolute Gasteiger partial charge is 0.416 e. The summed E-state index contributed by atoms with van der Waals surface area (Å²) in [5, 5.41) is 3.33. The van der Waals surface area contributed by atoms with Crippen molar-refractivity contribution in [2.24, 2.45) is 0 Å². The van der Waals surface area contributed by atoms with Crippen molar-refractivity contribution in [3.8, 4) is 0 Å². The van der Waals surface area contributed by atoms with E-state index in [1.54, 1.807) is 11.1 Å². The van der Waals surface area contributed by atoms with Gasteiger partial charge in [0.15, 0.2) is 0 Å². The van der Waals surface area contributed by atoms with Crippen LogP contribution in [0.25, 0.3) is 6.08 Å². The highest BCUT2D eigenvalue weighted by atomic mass is 19.4. The number of nitrogens with one attached hydrogen (secondary N) is 1. The molecule has 0 saturated heterocycles. The molecule has 1 aromatic heterocycles. The number of amides is 1. The first-order valence-electron chi connectivity index (χ1n) is 11.2. The van der Waals surface area contributed by atoms with Gasteiger partial charge in [0.1, 0.15) is 0 Å². The number of likely N-dealkylation sites (N-methyl/N-ethyl adjacent to an activating group) is 1. The molecule has 0 radical (unpaired) electrons. The molecule has 0 fully saturated rings. The average Bonchev–Trinajstić information content (AvgIpc) is 2.81. The SMILES string of the molecule is Cc1cc(Nc2ccc(CN(CCN(C)C)C(=O)/C=C/c3ccc(C(F)(F)F)cc3)cc2)ccn1. The van der Waals surface area contributed by atoms with Crippen molar-refractivity contribution in [1.29, 1.82) is 0 Å². The van der Waals surface area contributed by atoms with Gasteiger partial charge >= 0.3 is 6.18 Å². The van der Waals surface area contributed by atoms with Crippen LogP contribution >= 0.6 is 0 Å². The maximum atomic E-state index is 12.9. The molecule has 0 saturated carbocycles. The van der Waals surface area contributed by atoms with Gasteiger partial charge in [0.2, 0.25) is 5.91 Å². The zero-order chi connectivity index (χ0) is 25.4. The number of aromatic nitrogens is 1. The Labute approximate surface area is 203 Å². The predicted molar refractivity (Wildman–Crippen MR) is 133 cm³/mol. The molecule has 35 heavy (non-hydrogen) atoms. The molecule has 0 bridgehead atoms. The van der Waals surface area contributed by atoms with Crippen molar-refractivity contribution in [2.75, 3.05) is 32.5 Å². The number of pyridine rings is 1. The molecule has 0 atom stereocenters. The standard InChI is InChI=1S/C27H29F3N4O/c1-20-18-25(14-15-31-20)32-24-11-6-22(7-12-24)19-34(17-16-33(2)3)26(35)13-8-21-4-9-23(10-5-21)27(28,29)30/h4-15,18H,16-17,19H2,1-3H3,(H,31,32)/b13-8+. The monoisotopic (exact) mass is 482 g/mol. The van der Waals surface area contributed by atoms with Crippen LogP contribution in [0.1, 0.15) is 22.4 Å². The molecule has 8 heteroatoms. The number of aryl methyl sites for hydroxylation is 1. The van der Waals surface area contributed by atoms with E-state index in [0.29, 0.717) is 25.2 Å². The van der Waals surface area contributed by atoms with E-state index in [9.17, 15) is 18.0 Å². The number of nitrogens with zero attached hydrogens (tertiary/aromatic N) is 3. The van der Waals surface area contributed by atoms with E-state index in [0.717, 1.165) is 34.8 Å². The molecule has 5 nitrogen and oxygen atoms in total. The minimum atomic E-state index is -4.39. The van der Waals surface area contributed by atoms with Gasteiger partial charge < -0.3 is 15.1 Å². The Morgan fingerprint density at radius 1 is 0.971 bits per heavy atom. The van der Waals surface area contributed by atoms with E-state index in [2.05, 4.69) is 10.3 Å². The summed E-state index contributed by atoms with van der Waals surface area (Å²) in [5.74, 6) is -0.207. The first-order chi connectivity index (χ1) is 16.6. The fourth-order valence-electron chi connectivity index (χ4n) is 3.35. The molecule has 1 amide bonds. The molecule has 1 heterocycles. The van der Waals surface area contributed by atoms with Crippen molar-refractivity contribution in [2.45, 2.75) is 19.6 Å². The molecule has 2 aromatic carbocycles. The molecule has 3 rings (SSSR count). The van der Waals surface area contributed by atoms with Gasteiger partial charge in [-0.15, -0.1) is 0 Å². The van der Waals surface area contributed by atoms with Gasteiger partial charge in [-0.25, -0.2) is 0 Å². The number of halogens is 3. The number of rotatable bonds is 9. The van der Waals surface area contributed by atoms with Gasteiger partial charge in [-0.2, -0.15) is 13.2 Å². The Morgan fingerprint density at radius 3 is 2.26 bits per heavy atom. The summed E-state index contributed by atoms with van der Waals surface area (Å²) < 4.78 is 38.3. The van der Waals surface area contributed by atoms with E-state index in [1.807, 2.05) is 62.3 Å². The van der Waals surface area contributed by atoms with Gasteiger partial charge in [0.05, 0.1) is 5.56 Å². The van der Waals surface area contributed by atoms with Crippen LogP contribution in [-0.4, -0.2) is 47.9 Å². The highest BCUT2D eigenvalue weighted by molar-refractivity contribution is 5.91. The predicted octanol–water partition coefficient (Wildman–Crippen LogP) is 5.76. The number of anilines is 2. The fourth-order valence-corrected chi connectivity index (χ4v) is 3.35. The molecule has 1 N–H and O–H groups in total. The van der Waals surface area contributed by atoms with Crippen LogP contribution in [0.15, 0.2) is 72.9 Å². The Morgan fingerprint density at radius 2 is 1.66 bits per heavy atom. The number of hydrogen-bond acceptors (Lipinski definition) is 4. The summed E-state index contributed by atoms with van der Waals surface area (Å²) in [6.45, 7) is 3.54. The first kappa shape index (κ1) is 26.0. The average molecular weight is 483 g/mol. The van der Waals surface area contributed by atoms with Crippen LogP contribution in [0.4, 0.5) is 24.5 Å². The third kappa shape index (κ3) is 8.26. The summed E-state index contributed by atoms with van der Waals surface area (Å²) in [6, 6.07) is 16.4. The zero-order valence-corrected chi connectivity index (χ0v) is 20.0. The normalized spacial score (nSPS) is 11.7. The summed E-state index contributed by atoms with van der Waals surface area (Å²) in [5.41, 5.74) is 3.57. The van der Waals surface area contributed by atoms with Crippen molar-refractivity contribution in [3.05, 3.63) is 95.3 Å². The van der Waals surface area contributed by atoms with Crippen LogP contribution in [0, 0.1) is 6.92 Å². The summed E-state index contributed by atoms with van der Waals surface area (Å²) in [7, 11) is 3.87. The van der Waals surface area contributed by atoms with Gasteiger partial charge in [-0.1, -0.05) is 24.3 Å². The van der Waals surface area contributed by atoms with E-state index >= 15 is 0 Å². The first-order valence-corrected chi connectivity index (χ1v) is 11.2. The third-order valence-electron chi connectivity index (χ3n) is 5.30. The molecule has 0 aliphatic carbocycles. The Hall–Kier alpha value is -3.65. The molecule has 0 aliphatic heterocycles. The second-order valence-corrected chi connectivity index (χ2v) is 8.52. The lowest BCUT2D eigenvalue weighted by Gasteiger charge is -2.23. The van der Waals surface area contributed by atoms with Crippen LogP contribution in [0.5, 0.6) is 0 Å². The van der Waals surface area contributed by atoms with Gasteiger partial charge in [-0.3, -0.25) is 9.78 Å². The number of carbonyl (C=O) groups excluding carboxylic acids is 1. The lowest BCUT2D eigenvalue weighted by atomic mass is 10.1. The number of alkyl halides is 3. The summed E-state index contributed by atoms with van der Waals surface area (Å²) >= 11 is 0. The van der Waals surface area contributed by atoms with Crippen molar-refractivity contribution < 1.29 is 18.0 Å². The van der Waals surface area contributed by atoms with Crippen molar-refractivity contribution in [1.82, 2.24) is 14.8 Å². The maximum absolute atomic E-state index is 12.9. The number of benzene rings is 2. The topological polar surface area (TPSA) is 48.5 Å². The molecule has 3 aromatic rings. The molecule has 0 unspecified atom stereocenters. The molecule has 0 aliphatic rings. The van der Waals surface area contributed by atoms with Crippen molar-refractivity contribution >= 4 is 23.4 Å². The van der Waals surface area contributed by atoms with Crippen LogP contribution in [0.2, 0.25) is 0 Å². The zero-order valence-electron chi connectivity index (χ0n) is 20.0. The van der Waals surface area contributed by atoms with Crippen molar-refractivity contribution in [3.63, 3.8) is 0 Å². The van der Waals surface area contributed by atoms with E-state index in [-0.39, 0.29) is 5.91 Å². The quantitative estimate of drug-likeness (QED) is 0.394. The number of hydrogen-bond donors (Lipinski definition) is 1. The van der Waals surface area contributed by atoms with Gasteiger partial charge in [-0.05, 0) is 74.6 Å². The second kappa shape index (κ2) is 11.7. The lowest BCUT2D eigenvalue weighted by molar-refractivity contribution is -0.137. The van der Waals surface area contributed by atoms with Crippen LogP contribution in [-0.2, 0) is 17.5 Å². The van der Waals surface area contributed by atoms with Gasteiger partial charge in [0, 0.05) is 49.0 Å². The maximum Gasteiger partial charge on any atom is 0.416 e. The Bertz CT molecular complexity index is 1140. The smallest absolute Gasteiger partial charge is 0.355 e. The highest BCUT2D eigenvalue weighted by Gasteiger charge is 2.29. The minimum absolute atomic E-state index is 0.207. The lowest BCUT2D eigenvalue weighted by Crippen LogP contribution is -2.35.